The maximum atomic E-state index is 12.1. The fraction of sp³-hybridized carbons (Fsp3) is 0.909. The lowest BCUT2D eigenvalue weighted by Gasteiger charge is -2.40. The first-order valence-corrected chi connectivity index (χ1v) is 5.89. The Morgan fingerprint density at radius 1 is 1.27 bits per heavy atom. The smallest absolute Gasteiger partial charge is 0.227 e. The molecule has 3 N–H and O–H groups in total. The van der Waals surface area contributed by atoms with Gasteiger partial charge in [0.15, 0.2) is 0 Å². The predicted octanol–water partition coefficient (Wildman–Crippen LogP) is -0.437. The Balaban J connectivity index is 1.69. The molecule has 1 aliphatic heterocycles. The van der Waals surface area contributed by atoms with Crippen molar-refractivity contribution in [3.8, 4) is 0 Å². The molecule has 2 saturated carbocycles. The van der Waals surface area contributed by atoms with Gasteiger partial charge in [0.25, 0.3) is 0 Å². The van der Waals surface area contributed by atoms with Crippen LogP contribution >= 0.6 is 0 Å². The van der Waals surface area contributed by atoms with E-state index in [-0.39, 0.29) is 24.0 Å². The number of β-amino-alcohol motifs (C(OH)–C–C–N with tert-alkyl or cyclic N) is 1. The molecule has 2 aliphatic carbocycles. The van der Waals surface area contributed by atoms with Crippen molar-refractivity contribution in [2.75, 3.05) is 13.1 Å². The Labute approximate surface area is 89.4 Å². The van der Waals surface area contributed by atoms with Crippen molar-refractivity contribution in [1.29, 1.82) is 0 Å². The van der Waals surface area contributed by atoms with Crippen molar-refractivity contribution in [3.05, 3.63) is 0 Å². The molecule has 0 spiro atoms. The Bertz CT molecular complexity index is 286. The first-order chi connectivity index (χ1) is 7.16. The van der Waals surface area contributed by atoms with Gasteiger partial charge in [0.1, 0.15) is 0 Å². The lowest BCUT2D eigenvalue weighted by atomic mass is 9.83. The van der Waals surface area contributed by atoms with Crippen molar-refractivity contribution >= 4 is 5.91 Å². The van der Waals surface area contributed by atoms with Crippen LogP contribution in [0.5, 0.6) is 0 Å². The van der Waals surface area contributed by atoms with Gasteiger partial charge in [0.2, 0.25) is 5.91 Å². The van der Waals surface area contributed by atoms with Crippen LogP contribution in [0.1, 0.15) is 19.3 Å². The number of hydrogen-bond donors (Lipinski definition) is 2. The number of aliphatic hydroxyl groups excluding tert-OH is 1. The topological polar surface area (TPSA) is 66.6 Å². The van der Waals surface area contributed by atoms with Gasteiger partial charge >= 0.3 is 0 Å². The molecule has 0 aromatic rings. The number of likely N-dealkylation sites (tertiary alicyclic amines) is 1. The van der Waals surface area contributed by atoms with Crippen LogP contribution in [0.15, 0.2) is 0 Å². The third-order valence-electron chi connectivity index (χ3n) is 4.44. The van der Waals surface area contributed by atoms with E-state index >= 15 is 0 Å². The number of hydrogen-bond acceptors (Lipinski definition) is 3. The van der Waals surface area contributed by atoms with Gasteiger partial charge in [-0.05, 0) is 31.1 Å². The zero-order valence-corrected chi connectivity index (χ0v) is 8.80. The lowest BCUT2D eigenvalue weighted by Crippen LogP contribution is -2.58. The summed E-state index contributed by atoms with van der Waals surface area (Å²) >= 11 is 0. The molecule has 1 saturated heterocycles. The highest BCUT2D eigenvalue weighted by atomic mass is 16.3. The van der Waals surface area contributed by atoms with E-state index in [0.717, 1.165) is 6.42 Å². The number of carbonyl (C=O) groups is 1. The summed E-state index contributed by atoms with van der Waals surface area (Å²) < 4.78 is 0. The van der Waals surface area contributed by atoms with Crippen LogP contribution in [0.3, 0.4) is 0 Å². The summed E-state index contributed by atoms with van der Waals surface area (Å²) in [4.78, 5) is 13.9. The number of carbonyl (C=O) groups excluding carboxylic acids is 1. The Hall–Kier alpha value is -0.610. The number of nitrogens with two attached hydrogens (primary N) is 1. The van der Waals surface area contributed by atoms with E-state index in [1.54, 1.807) is 4.90 Å². The van der Waals surface area contributed by atoms with Gasteiger partial charge in [-0.3, -0.25) is 4.79 Å². The second kappa shape index (κ2) is 3.19. The maximum Gasteiger partial charge on any atom is 0.227 e. The summed E-state index contributed by atoms with van der Waals surface area (Å²) in [5, 5.41) is 9.18. The molecular weight excluding hydrogens is 192 g/mol. The van der Waals surface area contributed by atoms with Crippen molar-refractivity contribution in [1.82, 2.24) is 4.90 Å². The van der Waals surface area contributed by atoms with E-state index < -0.39 is 0 Å². The predicted molar refractivity (Wildman–Crippen MR) is 54.9 cm³/mol. The molecule has 0 aromatic heterocycles. The third kappa shape index (κ3) is 1.31. The maximum absolute atomic E-state index is 12.1. The molecule has 3 rings (SSSR count). The minimum Gasteiger partial charge on any atom is -0.389 e. The van der Waals surface area contributed by atoms with Gasteiger partial charge < -0.3 is 15.7 Å². The van der Waals surface area contributed by atoms with Crippen LogP contribution in [0.4, 0.5) is 0 Å². The zero-order chi connectivity index (χ0) is 10.6. The average molecular weight is 210 g/mol. The van der Waals surface area contributed by atoms with Gasteiger partial charge in [0, 0.05) is 19.1 Å². The number of rotatable bonds is 1. The monoisotopic (exact) mass is 210 g/mol. The number of fused-ring (bicyclic) bond motifs is 2. The molecule has 3 aliphatic rings. The molecule has 15 heavy (non-hydrogen) atoms. The van der Waals surface area contributed by atoms with Crippen LogP contribution in [0.25, 0.3) is 0 Å². The van der Waals surface area contributed by atoms with Crippen LogP contribution in [-0.2, 0) is 4.79 Å². The summed E-state index contributed by atoms with van der Waals surface area (Å²) in [5.74, 6) is 1.35. The van der Waals surface area contributed by atoms with Crippen LogP contribution in [0.2, 0.25) is 0 Å². The molecule has 3 fully saturated rings. The Morgan fingerprint density at radius 2 is 1.93 bits per heavy atom. The largest absolute Gasteiger partial charge is 0.389 e. The van der Waals surface area contributed by atoms with E-state index in [4.69, 9.17) is 5.73 Å². The average Bonchev–Trinajstić information content (AvgIpc) is 2.72. The van der Waals surface area contributed by atoms with E-state index in [1.165, 1.54) is 12.8 Å². The Kier molecular flexibility index (Phi) is 2.04. The molecule has 0 radical (unpaired) electrons. The third-order valence-corrected chi connectivity index (χ3v) is 4.44. The Morgan fingerprint density at radius 3 is 2.47 bits per heavy atom. The first kappa shape index (κ1) is 9.60. The number of nitrogens with zero attached hydrogens (tertiary/aromatic N) is 1. The molecule has 1 amide bonds. The number of aliphatic hydroxyl groups is 1. The zero-order valence-electron chi connectivity index (χ0n) is 8.80. The summed E-state index contributed by atoms with van der Waals surface area (Å²) in [5.41, 5.74) is 6.11. The quantitative estimate of drug-likeness (QED) is 0.617. The van der Waals surface area contributed by atoms with E-state index in [9.17, 15) is 9.90 Å². The minimum absolute atomic E-state index is 0.0521. The summed E-state index contributed by atoms with van der Waals surface area (Å²) in [6, 6.07) is 0.0778. The second-order valence-electron chi connectivity index (χ2n) is 5.33. The second-order valence-corrected chi connectivity index (χ2v) is 5.33. The van der Waals surface area contributed by atoms with E-state index in [1.807, 2.05) is 0 Å². The highest BCUT2D eigenvalue weighted by Gasteiger charge is 2.51. The lowest BCUT2D eigenvalue weighted by molar-refractivity contribution is -0.148. The van der Waals surface area contributed by atoms with Crippen LogP contribution in [-0.4, -0.2) is 41.1 Å². The van der Waals surface area contributed by atoms with E-state index in [2.05, 4.69) is 0 Å². The molecule has 4 nitrogen and oxygen atoms in total. The van der Waals surface area contributed by atoms with Gasteiger partial charge in [-0.25, -0.2) is 0 Å². The summed E-state index contributed by atoms with van der Waals surface area (Å²) in [6.45, 7) is 1.03. The minimum atomic E-state index is -0.302. The van der Waals surface area contributed by atoms with Gasteiger partial charge in [0.05, 0.1) is 12.0 Å². The molecular formula is C11H18N2O2. The normalized spacial score (nSPS) is 44.5. The van der Waals surface area contributed by atoms with E-state index in [0.29, 0.717) is 24.9 Å². The summed E-state index contributed by atoms with van der Waals surface area (Å²) in [6.07, 6.45) is 3.22. The molecule has 4 unspecified atom stereocenters. The molecule has 4 heteroatoms. The fourth-order valence-electron chi connectivity index (χ4n) is 3.55. The molecule has 4 atom stereocenters. The molecule has 1 heterocycles. The van der Waals surface area contributed by atoms with Crippen molar-refractivity contribution in [2.45, 2.75) is 31.4 Å². The number of amides is 1. The summed E-state index contributed by atoms with van der Waals surface area (Å²) in [7, 11) is 0. The van der Waals surface area contributed by atoms with Crippen LogP contribution < -0.4 is 5.73 Å². The fourth-order valence-corrected chi connectivity index (χ4v) is 3.55. The van der Waals surface area contributed by atoms with Gasteiger partial charge in [-0.15, -0.1) is 0 Å². The molecule has 84 valence electrons. The molecule has 0 aromatic carbocycles. The van der Waals surface area contributed by atoms with Crippen LogP contribution in [0, 0.1) is 17.8 Å². The molecule has 2 bridgehead atoms. The highest BCUT2D eigenvalue weighted by Crippen LogP contribution is 2.48. The van der Waals surface area contributed by atoms with Crippen molar-refractivity contribution < 1.29 is 9.90 Å². The SMILES string of the molecule is NC1C2CCC(C2)C1C(=O)N1CC(O)C1. The van der Waals surface area contributed by atoms with Gasteiger partial charge in [-0.1, -0.05) is 0 Å². The van der Waals surface area contributed by atoms with Crippen molar-refractivity contribution in [2.24, 2.45) is 23.5 Å². The first-order valence-electron chi connectivity index (χ1n) is 5.89. The standard InChI is InChI=1S/C11H18N2O2/c12-10-7-2-1-6(3-7)9(10)11(15)13-4-8(14)5-13/h6-10,14H,1-5,12H2. The van der Waals surface area contributed by atoms with Crippen molar-refractivity contribution in [3.63, 3.8) is 0 Å². The highest BCUT2D eigenvalue weighted by molar-refractivity contribution is 5.81. The van der Waals surface area contributed by atoms with Gasteiger partial charge in [-0.2, -0.15) is 0 Å².